The highest BCUT2D eigenvalue weighted by molar-refractivity contribution is 5.85. The predicted molar refractivity (Wildman–Crippen MR) is 83.8 cm³/mol. The van der Waals surface area contributed by atoms with Crippen LogP contribution in [0.1, 0.15) is 43.8 Å². The van der Waals surface area contributed by atoms with E-state index in [2.05, 4.69) is 5.32 Å². The molecular weight excluding hydrogens is 295 g/mol. The molecule has 0 aliphatic heterocycles. The Kier molecular flexibility index (Phi) is 10.8. The van der Waals surface area contributed by atoms with Crippen LogP contribution < -0.4 is 11.1 Å². The van der Waals surface area contributed by atoms with Gasteiger partial charge in [0.05, 0.1) is 6.10 Å². The summed E-state index contributed by atoms with van der Waals surface area (Å²) in [6, 6.07) is 6.02. The minimum atomic E-state index is -1.02. The first-order valence-corrected chi connectivity index (χ1v) is 7.04. The zero-order valence-corrected chi connectivity index (χ0v) is 12.9. The van der Waals surface area contributed by atoms with E-state index in [1.807, 2.05) is 0 Å². The van der Waals surface area contributed by atoms with Gasteiger partial charge in [-0.15, -0.1) is 12.4 Å². The third-order valence-corrected chi connectivity index (χ3v) is 3.11. The molecule has 1 unspecified atom stereocenters. The summed E-state index contributed by atoms with van der Waals surface area (Å²) in [5, 5.41) is 12.4. The molecule has 0 saturated carbocycles. The normalized spacial score (nSPS) is 11.6. The number of nitrogens with two attached hydrogens (primary N) is 1. The maximum atomic E-state index is 13.4. The van der Waals surface area contributed by atoms with Crippen molar-refractivity contribution in [1.82, 2.24) is 5.32 Å². The van der Waals surface area contributed by atoms with Gasteiger partial charge in [-0.05, 0) is 25.5 Å². The molecule has 4 nitrogen and oxygen atoms in total. The monoisotopic (exact) mass is 318 g/mol. The number of rotatable bonds is 9. The van der Waals surface area contributed by atoms with Crippen LogP contribution in [0, 0.1) is 5.82 Å². The average molecular weight is 319 g/mol. The summed E-state index contributed by atoms with van der Waals surface area (Å²) >= 11 is 0. The Labute approximate surface area is 131 Å². The Balaban J connectivity index is 0.00000400. The number of hydrogen-bond acceptors (Lipinski definition) is 3. The number of nitrogens with one attached hydrogen (secondary N) is 1. The van der Waals surface area contributed by atoms with E-state index in [1.165, 1.54) is 12.1 Å². The molecule has 0 radical (unpaired) electrons. The van der Waals surface area contributed by atoms with E-state index in [0.717, 1.165) is 25.7 Å². The molecule has 0 aliphatic carbocycles. The van der Waals surface area contributed by atoms with Gasteiger partial charge in [-0.2, -0.15) is 0 Å². The Hall–Kier alpha value is -1.17. The van der Waals surface area contributed by atoms with Crippen molar-refractivity contribution < 1.29 is 14.3 Å². The van der Waals surface area contributed by atoms with E-state index < -0.39 is 11.9 Å². The molecule has 1 rings (SSSR count). The van der Waals surface area contributed by atoms with Crippen LogP contribution in [0.5, 0.6) is 0 Å². The Bertz CT molecular complexity index is 418. The molecule has 0 bridgehead atoms. The number of aliphatic hydroxyl groups is 1. The summed E-state index contributed by atoms with van der Waals surface area (Å²) in [6.07, 6.45) is 3.20. The van der Waals surface area contributed by atoms with E-state index >= 15 is 0 Å². The molecule has 6 heteroatoms. The fourth-order valence-electron chi connectivity index (χ4n) is 1.94. The minimum Gasteiger partial charge on any atom is -0.386 e. The number of carbonyl (C=O) groups excluding carboxylic acids is 1. The van der Waals surface area contributed by atoms with E-state index in [-0.39, 0.29) is 30.4 Å². The first kappa shape index (κ1) is 19.8. The molecule has 4 N–H and O–H groups in total. The van der Waals surface area contributed by atoms with Gasteiger partial charge < -0.3 is 16.2 Å². The van der Waals surface area contributed by atoms with Crippen molar-refractivity contribution in [3.63, 3.8) is 0 Å². The van der Waals surface area contributed by atoms with Crippen molar-refractivity contribution in [2.45, 2.75) is 38.2 Å². The molecular formula is C15H24ClFN2O2. The van der Waals surface area contributed by atoms with E-state index in [0.29, 0.717) is 13.0 Å². The molecule has 0 heterocycles. The molecule has 1 aromatic carbocycles. The van der Waals surface area contributed by atoms with Crippen molar-refractivity contribution in [3.05, 3.63) is 35.6 Å². The number of halogens is 2. The van der Waals surface area contributed by atoms with Gasteiger partial charge in [0.1, 0.15) is 5.82 Å². The van der Waals surface area contributed by atoms with Crippen LogP contribution >= 0.6 is 12.4 Å². The molecule has 1 amide bonds. The van der Waals surface area contributed by atoms with E-state index in [9.17, 15) is 14.3 Å². The third kappa shape index (κ3) is 7.99. The second-order valence-electron chi connectivity index (χ2n) is 4.79. The first-order chi connectivity index (χ1) is 9.65. The average Bonchev–Trinajstić information content (AvgIpc) is 2.45. The summed E-state index contributed by atoms with van der Waals surface area (Å²) in [5.41, 5.74) is 5.59. The highest BCUT2D eigenvalue weighted by atomic mass is 35.5. The van der Waals surface area contributed by atoms with Gasteiger partial charge in [-0.3, -0.25) is 4.79 Å². The fraction of sp³-hybridized carbons (Fsp3) is 0.533. The number of benzene rings is 1. The Morgan fingerprint density at radius 2 is 1.90 bits per heavy atom. The molecule has 0 fully saturated rings. The van der Waals surface area contributed by atoms with Gasteiger partial charge in [0.25, 0.3) is 0 Å². The Morgan fingerprint density at radius 1 is 1.24 bits per heavy atom. The second-order valence-corrected chi connectivity index (χ2v) is 4.79. The number of aliphatic hydroxyl groups excluding tert-OH is 1. The van der Waals surface area contributed by atoms with Crippen molar-refractivity contribution in [2.24, 2.45) is 5.73 Å². The maximum absolute atomic E-state index is 13.4. The van der Waals surface area contributed by atoms with Crippen molar-refractivity contribution >= 4 is 18.3 Å². The van der Waals surface area contributed by atoms with E-state index in [4.69, 9.17) is 5.73 Å². The lowest BCUT2D eigenvalue weighted by molar-refractivity contribution is -0.121. The van der Waals surface area contributed by atoms with Crippen LogP contribution in [0.3, 0.4) is 0 Å². The summed E-state index contributed by atoms with van der Waals surface area (Å²) < 4.78 is 13.4. The van der Waals surface area contributed by atoms with Gasteiger partial charge >= 0.3 is 0 Å². The van der Waals surface area contributed by atoms with Crippen LogP contribution in [-0.4, -0.2) is 24.1 Å². The first-order valence-electron chi connectivity index (χ1n) is 7.04. The molecule has 1 aromatic rings. The largest absolute Gasteiger partial charge is 0.386 e. The van der Waals surface area contributed by atoms with Crippen LogP contribution in [0.4, 0.5) is 4.39 Å². The van der Waals surface area contributed by atoms with Crippen LogP contribution in [0.2, 0.25) is 0 Å². The molecule has 0 spiro atoms. The third-order valence-electron chi connectivity index (χ3n) is 3.11. The standard InChI is InChI=1S/C15H23FN2O2.ClH/c16-13-8-5-4-7-12(13)14(19)11-18-15(20)9-3-1-2-6-10-17;/h4-5,7-8,14,19H,1-3,6,9-11,17H2,(H,18,20);1H. The lowest BCUT2D eigenvalue weighted by Crippen LogP contribution is -2.28. The van der Waals surface area contributed by atoms with Crippen molar-refractivity contribution in [2.75, 3.05) is 13.1 Å². The molecule has 1 atom stereocenters. The zero-order valence-electron chi connectivity index (χ0n) is 12.1. The molecule has 0 aromatic heterocycles. The van der Waals surface area contributed by atoms with Crippen LogP contribution in [0.25, 0.3) is 0 Å². The van der Waals surface area contributed by atoms with Gasteiger partial charge in [-0.1, -0.05) is 31.0 Å². The van der Waals surface area contributed by atoms with Gasteiger partial charge in [0.2, 0.25) is 5.91 Å². The fourth-order valence-corrected chi connectivity index (χ4v) is 1.94. The maximum Gasteiger partial charge on any atom is 0.220 e. The quantitative estimate of drug-likeness (QED) is 0.612. The number of unbranched alkanes of at least 4 members (excludes halogenated alkanes) is 3. The smallest absolute Gasteiger partial charge is 0.220 e. The van der Waals surface area contributed by atoms with Gasteiger partial charge in [0.15, 0.2) is 0 Å². The van der Waals surface area contributed by atoms with Crippen molar-refractivity contribution in [1.29, 1.82) is 0 Å². The summed E-state index contributed by atoms with van der Waals surface area (Å²) in [7, 11) is 0. The minimum absolute atomic E-state index is 0. The van der Waals surface area contributed by atoms with Crippen LogP contribution in [0.15, 0.2) is 24.3 Å². The van der Waals surface area contributed by atoms with E-state index in [1.54, 1.807) is 12.1 Å². The molecule has 120 valence electrons. The summed E-state index contributed by atoms with van der Waals surface area (Å²) in [4.78, 5) is 11.6. The molecule has 21 heavy (non-hydrogen) atoms. The SMILES string of the molecule is Cl.NCCCCCCC(=O)NCC(O)c1ccccc1F. The van der Waals surface area contributed by atoms with Crippen LogP contribution in [-0.2, 0) is 4.79 Å². The Morgan fingerprint density at radius 3 is 2.57 bits per heavy atom. The number of hydrogen-bond donors (Lipinski definition) is 3. The van der Waals surface area contributed by atoms with Gasteiger partial charge in [-0.25, -0.2) is 4.39 Å². The molecule has 0 saturated heterocycles. The highest BCUT2D eigenvalue weighted by Gasteiger charge is 2.12. The van der Waals surface area contributed by atoms with Gasteiger partial charge in [0, 0.05) is 18.5 Å². The molecule has 0 aliphatic rings. The summed E-state index contributed by atoms with van der Waals surface area (Å²) in [5.74, 6) is -0.579. The topological polar surface area (TPSA) is 75.4 Å². The predicted octanol–water partition coefficient (Wildman–Crippen LogP) is 2.31. The number of amides is 1. The van der Waals surface area contributed by atoms with Crippen molar-refractivity contribution in [3.8, 4) is 0 Å². The highest BCUT2D eigenvalue weighted by Crippen LogP contribution is 2.15. The zero-order chi connectivity index (χ0) is 14.8. The summed E-state index contributed by atoms with van der Waals surface area (Å²) in [6.45, 7) is 0.712. The number of carbonyl (C=O) groups is 1. The lowest BCUT2D eigenvalue weighted by atomic mass is 10.1. The second kappa shape index (κ2) is 11.5. The lowest BCUT2D eigenvalue weighted by Gasteiger charge is -2.13.